The summed E-state index contributed by atoms with van der Waals surface area (Å²) in [6.45, 7) is 3.75. The molecule has 2 heterocycles. The summed E-state index contributed by atoms with van der Waals surface area (Å²) < 4.78 is 5.44. The van der Waals surface area contributed by atoms with E-state index in [1.807, 2.05) is 30.5 Å². The molecule has 0 radical (unpaired) electrons. The smallest absolute Gasteiger partial charge is 0.119 e. The van der Waals surface area contributed by atoms with Crippen molar-refractivity contribution in [3.8, 4) is 5.75 Å². The van der Waals surface area contributed by atoms with Crippen LogP contribution in [0.5, 0.6) is 5.75 Å². The number of hydrogen-bond donors (Lipinski definition) is 1. The Bertz CT molecular complexity index is 1070. The number of likely N-dealkylation sites (tertiary alicyclic amines) is 1. The van der Waals surface area contributed by atoms with Gasteiger partial charge in [-0.05, 0) is 118 Å². The second kappa shape index (κ2) is 13.2. The third-order valence-corrected chi connectivity index (χ3v) is 8.02. The van der Waals surface area contributed by atoms with Gasteiger partial charge in [0, 0.05) is 29.8 Å². The van der Waals surface area contributed by atoms with Crippen LogP contribution >= 0.6 is 11.6 Å². The molecule has 5 heteroatoms. The number of aryl methyl sites for hydroxylation is 2. The van der Waals surface area contributed by atoms with E-state index in [0.29, 0.717) is 12.5 Å². The molecule has 0 spiro atoms. The molecule has 1 N–H and O–H groups in total. The van der Waals surface area contributed by atoms with Gasteiger partial charge in [-0.2, -0.15) is 0 Å². The normalized spacial score (nSPS) is 18.7. The Balaban J connectivity index is 1.30. The van der Waals surface area contributed by atoms with Crippen molar-refractivity contribution in [2.24, 2.45) is 11.8 Å². The fourth-order valence-corrected chi connectivity index (χ4v) is 5.93. The first kappa shape index (κ1) is 25.9. The maximum atomic E-state index is 9.47. The van der Waals surface area contributed by atoms with E-state index in [1.165, 1.54) is 42.3 Å². The Hall–Kier alpha value is -2.14. The van der Waals surface area contributed by atoms with Crippen molar-refractivity contribution >= 4 is 22.5 Å². The van der Waals surface area contributed by atoms with Crippen LogP contribution in [0.3, 0.4) is 0 Å². The summed E-state index contributed by atoms with van der Waals surface area (Å²) in [5.74, 6) is 2.30. The number of methoxy groups -OCH3 is 1. The van der Waals surface area contributed by atoms with Gasteiger partial charge in [-0.1, -0.05) is 29.8 Å². The van der Waals surface area contributed by atoms with Crippen LogP contribution in [0.4, 0.5) is 0 Å². The number of piperidine rings is 1. The number of ether oxygens (including phenoxy) is 1. The zero-order valence-electron chi connectivity index (χ0n) is 21.0. The SMILES string of the molecule is COc1ccc2nccc(CCC[C@@H]3CCN(CCCc4ccccc4Cl)C[C@@H]3CCCO)c2c1. The molecule has 0 bridgehead atoms. The molecule has 0 saturated carbocycles. The standard InChI is InChI=1S/C30H39ClN2O2/c1-35-27-13-14-30-28(21-27)24(15-17-32-30)9-4-8-23-16-19-33(22-26(23)11-6-20-34)18-5-10-25-7-2-3-12-29(25)31/h2-3,7,12-15,17,21,23,26,34H,4-6,8-11,16,18-20,22H2,1H3/t23-,26+/m1/s1. The lowest BCUT2D eigenvalue weighted by atomic mass is 9.79. The van der Waals surface area contributed by atoms with Crippen LogP contribution in [-0.4, -0.2) is 48.3 Å². The highest BCUT2D eigenvalue weighted by Gasteiger charge is 2.28. The minimum atomic E-state index is 0.292. The molecular formula is C30H39ClN2O2. The average Bonchev–Trinajstić information content (AvgIpc) is 2.89. The lowest BCUT2D eigenvalue weighted by Crippen LogP contribution is -2.41. The van der Waals surface area contributed by atoms with Crippen molar-refractivity contribution < 1.29 is 9.84 Å². The Morgan fingerprint density at radius 2 is 1.83 bits per heavy atom. The Labute approximate surface area is 215 Å². The maximum absolute atomic E-state index is 9.47. The molecule has 1 saturated heterocycles. The topological polar surface area (TPSA) is 45.6 Å². The van der Waals surface area contributed by atoms with Gasteiger partial charge in [0.05, 0.1) is 12.6 Å². The maximum Gasteiger partial charge on any atom is 0.119 e. The Morgan fingerprint density at radius 1 is 1.00 bits per heavy atom. The molecule has 35 heavy (non-hydrogen) atoms. The molecule has 3 aromatic rings. The number of benzene rings is 2. The number of aliphatic hydroxyl groups is 1. The number of aliphatic hydroxyl groups excluding tert-OH is 1. The minimum absolute atomic E-state index is 0.292. The van der Waals surface area contributed by atoms with Gasteiger partial charge < -0.3 is 14.7 Å². The van der Waals surface area contributed by atoms with Crippen molar-refractivity contribution in [3.05, 3.63) is 70.9 Å². The molecule has 188 valence electrons. The summed E-state index contributed by atoms with van der Waals surface area (Å²) in [6.07, 6.45) is 10.9. The lowest BCUT2D eigenvalue weighted by Gasteiger charge is -2.39. The summed E-state index contributed by atoms with van der Waals surface area (Å²) in [5.41, 5.74) is 3.65. The van der Waals surface area contributed by atoms with Gasteiger partial charge in [-0.3, -0.25) is 4.98 Å². The second-order valence-corrected chi connectivity index (χ2v) is 10.3. The van der Waals surface area contributed by atoms with Crippen LogP contribution in [0.15, 0.2) is 54.7 Å². The van der Waals surface area contributed by atoms with Gasteiger partial charge in [0.1, 0.15) is 5.75 Å². The third-order valence-electron chi connectivity index (χ3n) is 7.65. The Morgan fingerprint density at radius 3 is 2.66 bits per heavy atom. The van der Waals surface area contributed by atoms with E-state index in [9.17, 15) is 5.11 Å². The molecule has 0 amide bonds. The first-order valence-corrected chi connectivity index (χ1v) is 13.5. The van der Waals surface area contributed by atoms with Gasteiger partial charge in [0.15, 0.2) is 0 Å². The van der Waals surface area contributed by atoms with Crippen LogP contribution in [0.25, 0.3) is 10.9 Å². The summed E-state index contributed by atoms with van der Waals surface area (Å²) in [5, 5.41) is 11.6. The largest absolute Gasteiger partial charge is 0.497 e. The van der Waals surface area contributed by atoms with Crippen LogP contribution in [0.2, 0.25) is 5.02 Å². The first-order chi connectivity index (χ1) is 17.2. The quantitative estimate of drug-likeness (QED) is 0.309. The molecule has 4 nitrogen and oxygen atoms in total. The molecule has 4 rings (SSSR count). The van der Waals surface area contributed by atoms with E-state index in [2.05, 4.69) is 34.1 Å². The number of pyridine rings is 1. The molecular weight excluding hydrogens is 456 g/mol. The number of hydrogen-bond acceptors (Lipinski definition) is 4. The lowest BCUT2D eigenvalue weighted by molar-refractivity contribution is 0.0995. The number of nitrogens with zero attached hydrogens (tertiary/aromatic N) is 2. The molecule has 1 aliphatic heterocycles. The molecule has 0 aliphatic carbocycles. The van der Waals surface area contributed by atoms with Crippen molar-refractivity contribution in [2.45, 2.75) is 51.4 Å². The summed E-state index contributed by atoms with van der Waals surface area (Å²) in [7, 11) is 1.72. The monoisotopic (exact) mass is 494 g/mol. The Kier molecular flexibility index (Phi) is 9.82. The van der Waals surface area contributed by atoms with E-state index < -0.39 is 0 Å². The molecule has 0 unspecified atom stereocenters. The van der Waals surface area contributed by atoms with E-state index in [-0.39, 0.29) is 0 Å². The first-order valence-electron chi connectivity index (χ1n) is 13.2. The zero-order chi connectivity index (χ0) is 24.5. The second-order valence-electron chi connectivity index (χ2n) is 9.92. The molecule has 2 aromatic carbocycles. The number of aromatic nitrogens is 1. The van der Waals surface area contributed by atoms with Crippen molar-refractivity contribution in [1.29, 1.82) is 0 Å². The van der Waals surface area contributed by atoms with Crippen molar-refractivity contribution in [1.82, 2.24) is 9.88 Å². The van der Waals surface area contributed by atoms with Gasteiger partial charge in [0.25, 0.3) is 0 Å². The minimum Gasteiger partial charge on any atom is -0.497 e. The van der Waals surface area contributed by atoms with Gasteiger partial charge in [0.2, 0.25) is 0 Å². The van der Waals surface area contributed by atoms with Crippen molar-refractivity contribution in [2.75, 3.05) is 33.4 Å². The third kappa shape index (κ3) is 7.19. The molecule has 1 fully saturated rings. The molecule has 1 aliphatic rings. The predicted octanol–water partition coefficient (Wildman–Crippen LogP) is 6.56. The van der Waals surface area contributed by atoms with E-state index in [1.54, 1.807) is 7.11 Å². The van der Waals surface area contributed by atoms with Gasteiger partial charge in [-0.25, -0.2) is 0 Å². The van der Waals surface area contributed by atoms with E-state index >= 15 is 0 Å². The van der Waals surface area contributed by atoms with E-state index in [4.69, 9.17) is 16.3 Å². The van der Waals surface area contributed by atoms with Gasteiger partial charge >= 0.3 is 0 Å². The predicted molar refractivity (Wildman–Crippen MR) is 145 cm³/mol. The fraction of sp³-hybridized carbons (Fsp3) is 0.500. The van der Waals surface area contributed by atoms with Crippen LogP contribution in [0, 0.1) is 11.8 Å². The summed E-state index contributed by atoms with van der Waals surface area (Å²) in [6, 6.07) is 16.5. The summed E-state index contributed by atoms with van der Waals surface area (Å²) >= 11 is 6.34. The van der Waals surface area contributed by atoms with Crippen LogP contribution in [-0.2, 0) is 12.8 Å². The highest BCUT2D eigenvalue weighted by molar-refractivity contribution is 6.31. The van der Waals surface area contributed by atoms with Gasteiger partial charge in [-0.15, -0.1) is 0 Å². The highest BCUT2D eigenvalue weighted by Crippen LogP contribution is 2.32. The van der Waals surface area contributed by atoms with Crippen LogP contribution < -0.4 is 4.74 Å². The zero-order valence-corrected chi connectivity index (χ0v) is 21.7. The fourth-order valence-electron chi connectivity index (χ4n) is 5.70. The number of fused-ring (bicyclic) bond motifs is 1. The molecule has 2 atom stereocenters. The van der Waals surface area contributed by atoms with Crippen LogP contribution in [0.1, 0.15) is 49.7 Å². The number of rotatable bonds is 12. The number of halogens is 1. The van der Waals surface area contributed by atoms with Crippen molar-refractivity contribution in [3.63, 3.8) is 0 Å². The molecule has 1 aromatic heterocycles. The van der Waals surface area contributed by atoms with E-state index in [0.717, 1.165) is 67.4 Å². The average molecular weight is 495 g/mol. The summed E-state index contributed by atoms with van der Waals surface area (Å²) in [4.78, 5) is 7.16. The highest BCUT2D eigenvalue weighted by atomic mass is 35.5.